The number of benzene rings is 2. The number of hydrogen-bond acceptors (Lipinski definition) is 2. The Balaban J connectivity index is 2.10. The maximum atomic E-state index is 11.4. The first kappa shape index (κ1) is 15.4. The number of carboxylic acids is 1. The predicted octanol–water partition coefficient (Wildman–Crippen LogP) is 3.98. The molecule has 0 unspecified atom stereocenters. The van der Waals surface area contributed by atoms with Gasteiger partial charge in [0.2, 0.25) is 0 Å². The lowest BCUT2D eigenvalue weighted by Gasteiger charge is -2.15. The summed E-state index contributed by atoms with van der Waals surface area (Å²) in [6.07, 6.45) is 0.337. The van der Waals surface area contributed by atoms with Crippen molar-refractivity contribution in [3.05, 3.63) is 64.7 Å². The van der Waals surface area contributed by atoms with Crippen LogP contribution >= 0.6 is 11.6 Å². The molecule has 2 aromatic rings. The van der Waals surface area contributed by atoms with Gasteiger partial charge in [-0.3, -0.25) is 0 Å². The van der Waals surface area contributed by atoms with Crippen LogP contribution in [0, 0.1) is 0 Å². The van der Waals surface area contributed by atoms with Crippen molar-refractivity contribution in [2.24, 2.45) is 0 Å². The van der Waals surface area contributed by atoms with E-state index < -0.39 is 12.1 Å². The molecule has 0 bridgehead atoms. The zero-order valence-corrected chi connectivity index (χ0v) is 12.5. The van der Waals surface area contributed by atoms with E-state index in [1.54, 1.807) is 24.3 Å². The van der Waals surface area contributed by atoms with Gasteiger partial charge in [0.25, 0.3) is 0 Å². The summed E-state index contributed by atoms with van der Waals surface area (Å²) in [6.45, 7) is 2.08. The number of aryl methyl sites for hydroxylation is 1. The van der Waals surface area contributed by atoms with E-state index in [2.05, 4.69) is 6.92 Å². The third kappa shape index (κ3) is 4.50. The molecular formula is C17H17ClO3. The van der Waals surface area contributed by atoms with Gasteiger partial charge in [0, 0.05) is 11.4 Å². The topological polar surface area (TPSA) is 46.5 Å². The molecule has 1 N–H and O–H groups in total. The Kier molecular flexibility index (Phi) is 5.23. The van der Waals surface area contributed by atoms with Crippen LogP contribution in [0.15, 0.2) is 48.5 Å². The highest BCUT2D eigenvalue weighted by Gasteiger charge is 2.20. The van der Waals surface area contributed by atoms with Gasteiger partial charge in [-0.1, -0.05) is 48.9 Å². The van der Waals surface area contributed by atoms with Crippen molar-refractivity contribution >= 4 is 17.6 Å². The van der Waals surface area contributed by atoms with Crippen molar-refractivity contribution in [1.82, 2.24) is 0 Å². The first-order valence-corrected chi connectivity index (χ1v) is 7.19. The minimum Gasteiger partial charge on any atom is -0.478 e. The molecule has 2 aromatic carbocycles. The summed E-state index contributed by atoms with van der Waals surface area (Å²) in [5.74, 6) is -0.533. The Morgan fingerprint density at radius 3 is 2.43 bits per heavy atom. The molecular weight excluding hydrogens is 288 g/mol. The molecule has 110 valence electrons. The van der Waals surface area contributed by atoms with Crippen LogP contribution in [0.2, 0.25) is 5.02 Å². The average molecular weight is 305 g/mol. The highest BCUT2D eigenvalue weighted by Crippen LogP contribution is 2.20. The molecule has 0 aromatic heterocycles. The minimum absolute atomic E-state index is 0.311. The van der Waals surface area contributed by atoms with Crippen LogP contribution in [-0.4, -0.2) is 17.2 Å². The fourth-order valence-electron chi connectivity index (χ4n) is 2.01. The molecule has 0 aliphatic heterocycles. The molecule has 0 radical (unpaired) electrons. The third-order valence-electron chi connectivity index (χ3n) is 3.20. The second kappa shape index (κ2) is 7.14. The molecule has 21 heavy (non-hydrogen) atoms. The summed E-state index contributed by atoms with van der Waals surface area (Å²) in [6, 6.07) is 14.6. The Morgan fingerprint density at radius 1 is 1.19 bits per heavy atom. The molecule has 0 aliphatic carbocycles. The quantitative estimate of drug-likeness (QED) is 0.878. The van der Waals surface area contributed by atoms with Crippen LogP contribution in [0.5, 0.6) is 5.75 Å². The number of halogens is 1. The monoisotopic (exact) mass is 304 g/mol. The molecule has 0 saturated carbocycles. The van der Waals surface area contributed by atoms with E-state index in [1.165, 1.54) is 5.56 Å². The molecule has 0 aliphatic rings. The van der Waals surface area contributed by atoms with E-state index in [0.717, 1.165) is 12.0 Å². The molecule has 0 heterocycles. The van der Waals surface area contributed by atoms with Crippen LogP contribution in [0.3, 0.4) is 0 Å². The number of hydrogen-bond donors (Lipinski definition) is 1. The van der Waals surface area contributed by atoms with Crippen molar-refractivity contribution in [1.29, 1.82) is 0 Å². The van der Waals surface area contributed by atoms with Crippen molar-refractivity contribution in [3.63, 3.8) is 0 Å². The fourth-order valence-corrected chi connectivity index (χ4v) is 2.19. The van der Waals surface area contributed by atoms with E-state index in [0.29, 0.717) is 17.2 Å². The van der Waals surface area contributed by atoms with Gasteiger partial charge in [-0.05, 0) is 35.7 Å². The van der Waals surface area contributed by atoms with Crippen LogP contribution in [0.1, 0.15) is 18.1 Å². The average Bonchev–Trinajstić information content (AvgIpc) is 2.47. The number of carbonyl (C=O) groups is 1. The van der Waals surface area contributed by atoms with Crippen LogP contribution < -0.4 is 4.74 Å². The second-order valence-electron chi connectivity index (χ2n) is 4.78. The number of rotatable bonds is 6. The molecule has 3 nitrogen and oxygen atoms in total. The van der Waals surface area contributed by atoms with Gasteiger partial charge in [-0.25, -0.2) is 4.79 Å². The SMILES string of the molecule is CCc1ccc(C[C@H](Oc2cccc(Cl)c2)C(=O)O)cc1. The number of carboxylic acid groups (broad SMARTS) is 1. The van der Waals surface area contributed by atoms with Crippen LogP contribution in [-0.2, 0) is 17.6 Å². The molecule has 2 rings (SSSR count). The van der Waals surface area contributed by atoms with Gasteiger partial charge < -0.3 is 9.84 Å². The van der Waals surface area contributed by atoms with E-state index in [4.69, 9.17) is 16.3 Å². The predicted molar refractivity (Wildman–Crippen MR) is 83.0 cm³/mol. The first-order valence-electron chi connectivity index (χ1n) is 6.81. The minimum atomic E-state index is -0.991. The van der Waals surface area contributed by atoms with E-state index in [-0.39, 0.29) is 0 Å². The normalized spacial score (nSPS) is 11.9. The second-order valence-corrected chi connectivity index (χ2v) is 5.21. The molecule has 1 atom stereocenters. The van der Waals surface area contributed by atoms with Gasteiger partial charge >= 0.3 is 5.97 Å². The zero-order chi connectivity index (χ0) is 15.2. The number of aliphatic carboxylic acids is 1. The lowest BCUT2D eigenvalue weighted by atomic mass is 10.0. The maximum Gasteiger partial charge on any atom is 0.345 e. The molecule has 0 amide bonds. The summed E-state index contributed by atoms with van der Waals surface area (Å²) < 4.78 is 5.53. The van der Waals surface area contributed by atoms with Gasteiger partial charge in [-0.15, -0.1) is 0 Å². The molecule has 0 spiro atoms. The van der Waals surface area contributed by atoms with E-state index >= 15 is 0 Å². The smallest absolute Gasteiger partial charge is 0.345 e. The van der Waals surface area contributed by atoms with Gasteiger partial charge in [-0.2, -0.15) is 0 Å². The largest absolute Gasteiger partial charge is 0.478 e. The highest BCUT2D eigenvalue weighted by atomic mass is 35.5. The lowest BCUT2D eigenvalue weighted by molar-refractivity contribution is -0.145. The van der Waals surface area contributed by atoms with Crippen molar-refractivity contribution < 1.29 is 14.6 Å². The van der Waals surface area contributed by atoms with Gasteiger partial charge in [0.05, 0.1) is 0 Å². The Hall–Kier alpha value is -2.00. The number of ether oxygens (including phenoxy) is 1. The summed E-state index contributed by atoms with van der Waals surface area (Å²) >= 11 is 5.87. The van der Waals surface area contributed by atoms with E-state index in [1.807, 2.05) is 24.3 Å². The summed E-state index contributed by atoms with van der Waals surface area (Å²) in [5.41, 5.74) is 2.16. The highest BCUT2D eigenvalue weighted by molar-refractivity contribution is 6.30. The van der Waals surface area contributed by atoms with Gasteiger partial charge in [0.1, 0.15) is 5.75 Å². The van der Waals surface area contributed by atoms with Crippen molar-refractivity contribution in [2.75, 3.05) is 0 Å². The Bertz CT molecular complexity index is 608. The lowest BCUT2D eigenvalue weighted by Crippen LogP contribution is -2.29. The summed E-state index contributed by atoms with van der Waals surface area (Å²) in [7, 11) is 0. The summed E-state index contributed by atoms with van der Waals surface area (Å²) in [4.78, 5) is 11.4. The fraction of sp³-hybridized carbons (Fsp3) is 0.235. The Labute approximate surface area is 129 Å². The third-order valence-corrected chi connectivity index (χ3v) is 3.44. The molecule has 0 fully saturated rings. The van der Waals surface area contributed by atoms with E-state index in [9.17, 15) is 9.90 Å². The zero-order valence-electron chi connectivity index (χ0n) is 11.8. The van der Waals surface area contributed by atoms with Crippen LogP contribution in [0.25, 0.3) is 0 Å². The molecule has 4 heteroatoms. The maximum absolute atomic E-state index is 11.4. The van der Waals surface area contributed by atoms with Crippen molar-refractivity contribution in [3.8, 4) is 5.75 Å². The first-order chi connectivity index (χ1) is 10.1. The summed E-state index contributed by atoms with van der Waals surface area (Å²) in [5, 5.41) is 9.83. The van der Waals surface area contributed by atoms with Crippen molar-refractivity contribution in [2.45, 2.75) is 25.9 Å². The standard InChI is InChI=1S/C17H17ClO3/c1-2-12-6-8-13(9-7-12)10-16(17(19)20)21-15-5-3-4-14(18)11-15/h3-9,11,16H,2,10H2,1H3,(H,19,20)/t16-/m0/s1. The Morgan fingerprint density at radius 2 is 1.86 bits per heavy atom. The van der Waals surface area contributed by atoms with Gasteiger partial charge in [0.15, 0.2) is 6.10 Å². The van der Waals surface area contributed by atoms with Crippen LogP contribution in [0.4, 0.5) is 0 Å². The molecule has 0 saturated heterocycles.